The van der Waals surface area contributed by atoms with Crippen LogP contribution in [-0.2, 0) is 6.54 Å². The van der Waals surface area contributed by atoms with Crippen molar-refractivity contribution in [3.8, 4) is 0 Å². The monoisotopic (exact) mass is 246 g/mol. The number of hydrogen-bond acceptors (Lipinski definition) is 4. The first-order chi connectivity index (χ1) is 8.93. The van der Waals surface area contributed by atoms with Gasteiger partial charge in [0, 0.05) is 24.8 Å². The van der Waals surface area contributed by atoms with Gasteiger partial charge >= 0.3 is 0 Å². The van der Waals surface area contributed by atoms with E-state index in [1.807, 2.05) is 12.1 Å². The Kier molecular flexibility index (Phi) is 3.86. The van der Waals surface area contributed by atoms with Crippen LogP contribution in [0.5, 0.6) is 0 Å². The van der Waals surface area contributed by atoms with Crippen molar-refractivity contribution in [3.05, 3.63) is 24.0 Å². The maximum Gasteiger partial charge on any atom is 0.0769 e. The van der Waals surface area contributed by atoms with E-state index in [4.69, 9.17) is 0 Å². The molecule has 0 bridgehead atoms. The summed E-state index contributed by atoms with van der Waals surface area (Å²) in [4.78, 5) is 0. The fourth-order valence-electron chi connectivity index (χ4n) is 3.46. The van der Waals surface area contributed by atoms with Crippen LogP contribution in [0.1, 0.15) is 37.8 Å². The molecule has 2 aliphatic rings. The maximum atomic E-state index is 4.13. The van der Waals surface area contributed by atoms with Crippen molar-refractivity contribution in [2.45, 2.75) is 50.7 Å². The minimum Gasteiger partial charge on any atom is -0.314 e. The summed E-state index contributed by atoms with van der Waals surface area (Å²) in [5.41, 5.74) is 1.04. The van der Waals surface area contributed by atoms with Gasteiger partial charge in [-0.3, -0.25) is 0 Å². The third-order valence-electron chi connectivity index (χ3n) is 4.36. The Hall–Kier alpha value is -1.00. The molecule has 2 N–H and O–H groups in total. The molecule has 1 saturated heterocycles. The van der Waals surface area contributed by atoms with E-state index in [2.05, 4.69) is 20.8 Å². The van der Waals surface area contributed by atoms with Crippen LogP contribution in [0.2, 0.25) is 0 Å². The van der Waals surface area contributed by atoms with Crippen molar-refractivity contribution in [1.82, 2.24) is 20.8 Å². The fraction of sp³-hybridized carbons (Fsp3) is 0.714. The van der Waals surface area contributed by atoms with Gasteiger partial charge in [-0.05, 0) is 50.3 Å². The quantitative estimate of drug-likeness (QED) is 0.845. The SMILES string of the molecule is c1cnnc(CNC2CCCC2C2CCCN2)c1. The molecule has 1 aliphatic heterocycles. The first kappa shape index (κ1) is 12.1. The molecule has 2 heterocycles. The summed E-state index contributed by atoms with van der Waals surface area (Å²) in [5, 5.41) is 15.4. The largest absolute Gasteiger partial charge is 0.314 e. The second-order valence-corrected chi connectivity index (χ2v) is 5.50. The highest BCUT2D eigenvalue weighted by molar-refractivity contribution is 5.00. The van der Waals surface area contributed by atoms with E-state index < -0.39 is 0 Å². The molecule has 3 rings (SSSR count). The predicted octanol–water partition coefficient (Wildman–Crippen LogP) is 1.49. The van der Waals surface area contributed by atoms with E-state index >= 15 is 0 Å². The smallest absolute Gasteiger partial charge is 0.0769 e. The van der Waals surface area contributed by atoms with E-state index in [0.717, 1.165) is 24.2 Å². The lowest BCUT2D eigenvalue weighted by Gasteiger charge is -2.26. The highest BCUT2D eigenvalue weighted by Gasteiger charge is 2.34. The van der Waals surface area contributed by atoms with E-state index in [9.17, 15) is 0 Å². The molecule has 1 saturated carbocycles. The van der Waals surface area contributed by atoms with Crippen LogP contribution in [0.25, 0.3) is 0 Å². The molecule has 1 aromatic rings. The summed E-state index contributed by atoms with van der Waals surface area (Å²) in [7, 11) is 0. The third-order valence-corrected chi connectivity index (χ3v) is 4.36. The Morgan fingerprint density at radius 2 is 2.28 bits per heavy atom. The van der Waals surface area contributed by atoms with E-state index in [0.29, 0.717) is 6.04 Å². The average Bonchev–Trinajstić information content (AvgIpc) is 3.08. The Morgan fingerprint density at radius 3 is 3.06 bits per heavy atom. The summed E-state index contributed by atoms with van der Waals surface area (Å²) in [6, 6.07) is 5.39. The van der Waals surface area contributed by atoms with Crippen LogP contribution in [-0.4, -0.2) is 28.8 Å². The fourth-order valence-corrected chi connectivity index (χ4v) is 3.46. The van der Waals surface area contributed by atoms with E-state index in [1.54, 1.807) is 6.20 Å². The first-order valence-corrected chi connectivity index (χ1v) is 7.17. The lowest BCUT2D eigenvalue weighted by molar-refractivity contribution is 0.319. The number of hydrogen-bond donors (Lipinski definition) is 2. The summed E-state index contributed by atoms with van der Waals surface area (Å²) in [6.07, 6.45) is 8.47. The average molecular weight is 246 g/mol. The zero-order chi connectivity index (χ0) is 12.2. The zero-order valence-electron chi connectivity index (χ0n) is 10.8. The van der Waals surface area contributed by atoms with Crippen LogP contribution in [0.3, 0.4) is 0 Å². The summed E-state index contributed by atoms with van der Waals surface area (Å²) in [6.45, 7) is 2.06. The van der Waals surface area contributed by atoms with Gasteiger partial charge in [-0.1, -0.05) is 6.42 Å². The molecule has 0 amide bonds. The van der Waals surface area contributed by atoms with Gasteiger partial charge in [-0.15, -0.1) is 0 Å². The highest BCUT2D eigenvalue weighted by atomic mass is 15.1. The van der Waals surface area contributed by atoms with Gasteiger partial charge in [0.1, 0.15) is 0 Å². The van der Waals surface area contributed by atoms with Gasteiger partial charge < -0.3 is 10.6 Å². The minimum atomic E-state index is 0.655. The lowest BCUT2D eigenvalue weighted by atomic mass is 9.93. The molecule has 0 spiro atoms. The number of nitrogens with zero attached hydrogens (tertiary/aromatic N) is 2. The number of aromatic nitrogens is 2. The molecule has 0 aromatic carbocycles. The van der Waals surface area contributed by atoms with E-state index in [-0.39, 0.29) is 0 Å². The topological polar surface area (TPSA) is 49.8 Å². The van der Waals surface area contributed by atoms with Crippen LogP contribution in [0.4, 0.5) is 0 Å². The second kappa shape index (κ2) is 5.76. The second-order valence-electron chi connectivity index (χ2n) is 5.50. The van der Waals surface area contributed by atoms with Gasteiger partial charge in [0.25, 0.3) is 0 Å². The van der Waals surface area contributed by atoms with Crippen LogP contribution in [0, 0.1) is 5.92 Å². The van der Waals surface area contributed by atoms with Gasteiger partial charge in [0.05, 0.1) is 5.69 Å². The zero-order valence-corrected chi connectivity index (χ0v) is 10.8. The van der Waals surface area contributed by atoms with Crippen LogP contribution >= 0.6 is 0 Å². The number of nitrogens with one attached hydrogen (secondary N) is 2. The van der Waals surface area contributed by atoms with Crippen LogP contribution in [0.15, 0.2) is 18.3 Å². The summed E-state index contributed by atoms with van der Waals surface area (Å²) in [5.74, 6) is 0.809. The van der Waals surface area contributed by atoms with Crippen molar-refractivity contribution in [3.63, 3.8) is 0 Å². The molecule has 3 atom stereocenters. The van der Waals surface area contributed by atoms with Crippen molar-refractivity contribution >= 4 is 0 Å². The molecule has 3 unspecified atom stereocenters. The van der Waals surface area contributed by atoms with Crippen LogP contribution < -0.4 is 10.6 Å². The number of rotatable bonds is 4. The molecular weight excluding hydrogens is 224 g/mol. The van der Waals surface area contributed by atoms with Gasteiger partial charge in [-0.2, -0.15) is 10.2 Å². The molecule has 1 aliphatic carbocycles. The minimum absolute atomic E-state index is 0.655. The molecule has 2 fully saturated rings. The Labute approximate surface area is 109 Å². The molecule has 0 radical (unpaired) electrons. The molecule has 4 heteroatoms. The first-order valence-electron chi connectivity index (χ1n) is 7.17. The van der Waals surface area contributed by atoms with E-state index in [1.165, 1.54) is 38.6 Å². The third kappa shape index (κ3) is 2.70. The Morgan fingerprint density at radius 1 is 1.28 bits per heavy atom. The maximum absolute atomic E-state index is 4.13. The normalized spacial score (nSPS) is 31.9. The molecular formula is C14H22N4. The van der Waals surface area contributed by atoms with Crippen molar-refractivity contribution in [2.24, 2.45) is 5.92 Å². The lowest BCUT2D eigenvalue weighted by Crippen LogP contribution is -2.41. The van der Waals surface area contributed by atoms with Gasteiger partial charge in [0.2, 0.25) is 0 Å². The summed E-state index contributed by atoms with van der Waals surface area (Å²) < 4.78 is 0. The molecule has 1 aromatic heterocycles. The summed E-state index contributed by atoms with van der Waals surface area (Å²) >= 11 is 0. The van der Waals surface area contributed by atoms with Crippen molar-refractivity contribution in [1.29, 1.82) is 0 Å². The molecule has 4 nitrogen and oxygen atoms in total. The molecule has 98 valence electrons. The van der Waals surface area contributed by atoms with Gasteiger partial charge in [0.15, 0.2) is 0 Å². The predicted molar refractivity (Wildman–Crippen MR) is 71.0 cm³/mol. The standard InChI is InChI=1S/C14H22N4/c1-5-12(13-7-3-8-15-13)14(6-1)16-10-11-4-2-9-17-18-11/h2,4,9,12-16H,1,3,5-8,10H2. The van der Waals surface area contributed by atoms with Crippen molar-refractivity contribution < 1.29 is 0 Å². The highest BCUT2D eigenvalue weighted by Crippen LogP contribution is 2.31. The van der Waals surface area contributed by atoms with Crippen molar-refractivity contribution in [2.75, 3.05) is 6.54 Å². The Balaban J connectivity index is 1.55. The van der Waals surface area contributed by atoms with Gasteiger partial charge in [-0.25, -0.2) is 0 Å². The Bertz CT molecular complexity index is 361. The molecule has 18 heavy (non-hydrogen) atoms.